The average Bonchev–Trinajstić information content (AvgIpc) is 2.88. The summed E-state index contributed by atoms with van der Waals surface area (Å²) in [6, 6.07) is 22.9. The van der Waals surface area contributed by atoms with Crippen molar-refractivity contribution in [1.29, 1.82) is 0 Å². The molecule has 0 saturated heterocycles. The zero-order chi connectivity index (χ0) is 24.6. The van der Waals surface area contributed by atoms with Crippen molar-refractivity contribution in [2.45, 2.75) is 37.7 Å². The maximum absolute atomic E-state index is 10.2. The summed E-state index contributed by atoms with van der Waals surface area (Å²) >= 11 is 0. The van der Waals surface area contributed by atoms with Crippen LogP contribution in [-0.2, 0) is 10.3 Å². The predicted octanol–water partition coefficient (Wildman–Crippen LogP) is 4.92. The molecule has 3 rings (SSSR count). The average molecular weight is 464 g/mol. The van der Waals surface area contributed by atoms with Gasteiger partial charge < -0.3 is 28.9 Å². The molecule has 0 saturated carbocycles. The Labute approximate surface area is 202 Å². The van der Waals surface area contributed by atoms with Gasteiger partial charge in [0.2, 0.25) is 0 Å². The summed E-state index contributed by atoms with van der Waals surface area (Å²) in [7, 11) is 2.86. The summed E-state index contributed by atoms with van der Waals surface area (Å²) in [5, 5.41) is 20.4. The Hall–Kier alpha value is -3.00. The minimum Gasteiger partial charge on any atom is -0.497 e. The molecule has 34 heavy (non-hydrogen) atoms. The van der Waals surface area contributed by atoms with E-state index in [1.54, 1.807) is 21.3 Å². The summed E-state index contributed by atoms with van der Waals surface area (Å²) in [5.41, 5.74) is 1.37. The number of ether oxygens (including phenoxy) is 3. The highest BCUT2D eigenvalue weighted by atomic mass is 16.6. The van der Waals surface area contributed by atoms with Crippen LogP contribution in [0.4, 0.5) is 0 Å². The van der Waals surface area contributed by atoms with Gasteiger partial charge in [0.15, 0.2) is 0 Å². The molecule has 0 spiro atoms. The first-order valence-corrected chi connectivity index (χ1v) is 11.5. The maximum atomic E-state index is 10.2. The van der Waals surface area contributed by atoms with Crippen molar-refractivity contribution in [3.8, 4) is 17.2 Å². The van der Waals surface area contributed by atoms with Crippen molar-refractivity contribution >= 4 is 7.32 Å². The van der Waals surface area contributed by atoms with E-state index in [0.29, 0.717) is 11.5 Å². The Kier molecular flexibility index (Phi) is 8.99. The molecular weight excluding hydrogens is 431 g/mol. The fourth-order valence-electron chi connectivity index (χ4n) is 4.48. The van der Waals surface area contributed by atoms with E-state index in [1.165, 1.54) is 0 Å². The highest BCUT2D eigenvalue weighted by Crippen LogP contribution is 2.49. The van der Waals surface area contributed by atoms with E-state index in [2.05, 4.69) is 6.92 Å². The first-order valence-electron chi connectivity index (χ1n) is 11.5. The van der Waals surface area contributed by atoms with Gasteiger partial charge in [0, 0.05) is 5.92 Å². The fraction of sp³-hybridized carbons (Fsp3) is 0.333. The van der Waals surface area contributed by atoms with Crippen LogP contribution in [0.2, 0.25) is 0 Å². The van der Waals surface area contributed by atoms with Gasteiger partial charge in [-0.2, -0.15) is 0 Å². The molecule has 0 amide bonds. The molecule has 0 heterocycles. The molecule has 180 valence electrons. The van der Waals surface area contributed by atoms with Gasteiger partial charge in [-0.1, -0.05) is 56.2 Å². The second-order valence-electron chi connectivity index (χ2n) is 8.10. The maximum Gasteiger partial charge on any atom is 0.634 e. The van der Waals surface area contributed by atoms with Crippen molar-refractivity contribution in [2.75, 3.05) is 21.3 Å². The van der Waals surface area contributed by atoms with Crippen molar-refractivity contribution in [2.24, 2.45) is 0 Å². The van der Waals surface area contributed by atoms with Crippen LogP contribution in [0, 0.1) is 0 Å². The third-order valence-electron chi connectivity index (χ3n) is 6.18. The van der Waals surface area contributed by atoms with E-state index in [4.69, 9.17) is 18.9 Å². The molecule has 0 aliphatic carbocycles. The van der Waals surface area contributed by atoms with E-state index in [0.717, 1.165) is 41.7 Å². The third kappa shape index (κ3) is 5.55. The lowest BCUT2D eigenvalue weighted by atomic mass is 9.70. The van der Waals surface area contributed by atoms with Crippen LogP contribution in [0.3, 0.4) is 0 Å². The Morgan fingerprint density at radius 2 is 1.12 bits per heavy atom. The lowest BCUT2D eigenvalue weighted by Crippen LogP contribution is -2.43. The van der Waals surface area contributed by atoms with E-state index in [9.17, 15) is 10.0 Å². The molecule has 2 N–H and O–H groups in total. The minimum atomic E-state index is -1.99. The van der Waals surface area contributed by atoms with Gasteiger partial charge in [0.25, 0.3) is 0 Å². The minimum absolute atomic E-state index is 0.234. The van der Waals surface area contributed by atoms with E-state index in [-0.39, 0.29) is 5.92 Å². The monoisotopic (exact) mass is 464 g/mol. The van der Waals surface area contributed by atoms with Gasteiger partial charge in [-0.25, -0.2) is 0 Å². The van der Waals surface area contributed by atoms with E-state index in [1.807, 2.05) is 72.8 Å². The largest absolute Gasteiger partial charge is 0.634 e. The summed E-state index contributed by atoms with van der Waals surface area (Å²) in [5.74, 6) is 1.92. The van der Waals surface area contributed by atoms with Crippen LogP contribution in [0.25, 0.3) is 0 Å². The van der Waals surface area contributed by atoms with Gasteiger partial charge in [0.05, 0.1) is 21.3 Å². The summed E-state index contributed by atoms with van der Waals surface area (Å²) in [6.07, 6.45) is 2.67. The topological polar surface area (TPSA) is 77.4 Å². The molecular formula is C27H33BO6. The molecule has 0 aliphatic rings. The second-order valence-corrected chi connectivity index (χ2v) is 8.10. The van der Waals surface area contributed by atoms with E-state index >= 15 is 0 Å². The first kappa shape index (κ1) is 25.6. The third-order valence-corrected chi connectivity index (χ3v) is 6.18. The summed E-state index contributed by atoms with van der Waals surface area (Å²) in [4.78, 5) is 0. The Balaban J connectivity index is 2.30. The lowest BCUT2D eigenvalue weighted by Gasteiger charge is -2.43. The van der Waals surface area contributed by atoms with Crippen LogP contribution in [-0.4, -0.2) is 38.7 Å². The quantitative estimate of drug-likeness (QED) is 0.371. The molecule has 0 bridgehead atoms. The smallest absolute Gasteiger partial charge is 0.497 e. The Morgan fingerprint density at radius 1 is 0.706 bits per heavy atom. The Morgan fingerprint density at radius 3 is 1.47 bits per heavy atom. The standard InChI is InChI=1S/C27H33BO6/c1-5-6-7-26(20-8-14-23(31-2)15-9-20)27(34-28(29)30,21-10-16-24(32-3)17-11-21)22-12-18-25(33-4)19-13-22/h8-19,26,29-30H,5-7H2,1-4H3. The molecule has 0 aromatic heterocycles. The highest BCUT2D eigenvalue weighted by molar-refractivity contribution is 6.32. The fourth-order valence-corrected chi connectivity index (χ4v) is 4.48. The van der Waals surface area contributed by atoms with Crippen LogP contribution in [0.1, 0.15) is 48.8 Å². The van der Waals surface area contributed by atoms with Gasteiger partial charge in [-0.3, -0.25) is 0 Å². The molecule has 6 nitrogen and oxygen atoms in total. The van der Waals surface area contributed by atoms with Gasteiger partial charge in [0.1, 0.15) is 22.8 Å². The first-order chi connectivity index (χ1) is 16.5. The molecule has 3 aromatic carbocycles. The van der Waals surface area contributed by atoms with Crippen LogP contribution >= 0.6 is 0 Å². The predicted molar refractivity (Wildman–Crippen MR) is 133 cm³/mol. The van der Waals surface area contributed by atoms with Crippen molar-refractivity contribution in [1.82, 2.24) is 0 Å². The summed E-state index contributed by atoms with van der Waals surface area (Å²) in [6.45, 7) is 2.13. The zero-order valence-corrected chi connectivity index (χ0v) is 20.2. The number of benzene rings is 3. The molecule has 1 atom stereocenters. The number of hydrogen-bond acceptors (Lipinski definition) is 6. The van der Waals surface area contributed by atoms with Gasteiger partial charge in [-0.05, 0) is 59.5 Å². The lowest BCUT2D eigenvalue weighted by molar-refractivity contribution is 0.0223. The SMILES string of the molecule is CCCCC(c1ccc(OC)cc1)C(OB(O)O)(c1ccc(OC)cc1)c1ccc(OC)cc1. The van der Waals surface area contributed by atoms with Gasteiger partial charge >= 0.3 is 7.32 Å². The number of hydrogen-bond donors (Lipinski definition) is 2. The normalized spacial score (nSPS) is 12.2. The van der Waals surface area contributed by atoms with Crippen molar-refractivity contribution in [3.05, 3.63) is 89.5 Å². The molecule has 1 unspecified atom stereocenters. The number of unbranched alkanes of at least 4 members (excludes halogenated alkanes) is 1. The van der Waals surface area contributed by atoms with Gasteiger partial charge in [-0.15, -0.1) is 0 Å². The van der Waals surface area contributed by atoms with Crippen LogP contribution < -0.4 is 14.2 Å². The zero-order valence-electron chi connectivity index (χ0n) is 20.2. The van der Waals surface area contributed by atoms with Crippen molar-refractivity contribution in [3.63, 3.8) is 0 Å². The number of rotatable bonds is 12. The molecule has 0 aliphatic heterocycles. The molecule has 7 heteroatoms. The van der Waals surface area contributed by atoms with E-state index < -0.39 is 12.9 Å². The highest BCUT2D eigenvalue weighted by Gasteiger charge is 2.46. The molecule has 0 radical (unpaired) electrons. The molecule has 3 aromatic rings. The van der Waals surface area contributed by atoms with Crippen molar-refractivity contribution < 1.29 is 28.9 Å². The Bertz CT molecular complexity index is 955. The summed E-state index contributed by atoms with van der Waals surface area (Å²) < 4.78 is 22.2. The van der Waals surface area contributed by atoms with Crippen LogP contribution in [0.15, 0.2) is 72.8 Å². The second kappa shape index (κ2) is 11.9. The molecule has 0 fully saturated rings. The number of methoxy groups -OCH3 is 3. The van der Waals surface area contributed by atoms with Crippen LogP contribution in [0.5, 0.6) is 17.2 Å².